The summed E-state index contributed by atoms with van der Waals surface area (Å²) in [5.41, 5.74) is 0. The summed E-state index contributed by atoms with van der Waals surface area (Å²) in [7, 11) is 0. The molecule has 0 nitrogen and oxygen atoms in total. The highest BCUT2D eigenvalue weighted by Gasteiger charge is 1.79. The molecule has 0 rings (SSSR count). The van der Waals surface area contributed by atoms with Gasteiger partial charge in [-0.15, -0.1) is 0 Å². The van der Waals surface area contributed by atoms with Gasteiger partial charge in [-0.3, -0.25) is 0 Å². The van der Waals surface area contributed by atoms with Crippen molar-refractivity contribution in [1.82, 2.24) is 0 Å². The highest BCUT2D eigenvalue weighted by molar-refractivity contribution is 7.80. The largest absolute Gasteiger partial charge is 0.267 e. The van der Waals surface area contributed by atoms with Gasteiger partial charge in [0.1, 0.15) is 0 Å². The van der Waals surface area contributed by atoms with E-state index >= 15 is 0 Å². The van der Waals surface area contributed by atoms with Crippen molar-refractivity contribution >= 4 is 12.6 Å². The van der Waals surface area contributed by atoms with E-state index in [9.17, 15) is 8.78 Å². The Morgan fingerprint density at radius 1 is 1.67 bits per heavy atom. The van der Waals surface area contributed by atoms with Crippen molar-refractivity contribution in [3.05, 3.63) is 12.2 Å². The molecule has 0 atom stereocenters. The number of halogens is 2. The molecule has 36 valence electrons. The Morgan fingerprint density at radius 3 is 2.17 bits per heavy atom. The molecule has 0 aromatic carbocycles. The van der Waals surface area contributed by atoms with Crippen LogP contribution in [0.1, 0.15) is 0 Å². The standard InChI is InChI=1S/C3H4F2S/c4-3(5)1-2-6/h1,6H,2H2. The van der Waals surface area contributed by atoms with Crippen LogP contribution in [0.3, 0.4) is 0 Å². The summed E-state index contributed by atoms with van der Waals surface area (Å²) in [6.07, 6.45) is -0.923. The number of rotatable bonds is 1. The Balaban J connectivity index is 3.14. The summed E-state index contributed by atoms with van der Waals surface area (Å²) in [5.74, 6) is 0.113. The minimum absolute atomic E-state index is 0.113. The van der Waals surface area contributed by atoms with Gasteiger partial charge in [0.05, 0.1) is 0 Å². The molecule has 3 heteroatoms. The summed E-state index contributed by atoms with van der Waals surface area (Å²) >= 11 is 3.50. The van der Waals surface area contributed by atoms with Gasteiger partial charge in [-0.2, -0.15) is 21.4 Å². The lowest BCUT2D eigenvalue weighted by atomic mass is 10.7. The Hall–Kier alpha value is -0.0500. The van der Waals surface area contributed by atoms with Crippen molar-refractivity contribution in [1.29, 1.82) is 0 Å². The lowest BCUT2D eigenvalue weighted by Gasteiger charge is -1.70. The smallest absolute Gasteiger partial charge is 0.175 e. The van der Waals surface area contributed by atoms with Crippen LogP contribution in [0.5, 0.6) is 0 Å². The zero-order chi connectivity index (χ0) is 4.99. The van der Waals surface area contributed by atoms with Crippen LogP contribution in [0.25, 0.3) is 0 Å². The summed E-state index contributed by atoms with van der Waals surface area (Å²) in [5, 5.41) is 0. The summed E-state index contributed by atoms with van der Waals surface area (Å²) in [6, 6.07) is 0. The molecule has 0 aromatic heterocycles. The second-order valence-electron chi connectivity index (χ2n) is 0.676. The molecule has 0 fully saturated rings. The maximum absolute atomic E-state index is 10.8. The third kappa shape index (κ3) is 3.95. The summed E-state index contributed by atoms with van der Waals surface area (Å²) < 4.78 is 21.7. The molecule has 0 N–H and O–H groups in total. The first-order valence-corrected chi connectivity index (χ1v) is 2.02. The van der Waals surface area contributed by atoms with Gasteiger partial charge in [0.15, 0.2) is 0 Å². The number of thiol groups is 1. The third-order valence-corrected chi connectivity index (χ3v) is 0.428. The van der Waals surface area contributed by atoms with E-state index in [2.05, 4.69) is 12.6 Å². The Kier molecular flexibility index (Phi) is 3.13. The fourth-order valence-corrected chi connectivity index (χ4v) is 0.207. The monoisotopic (exact) mass is 110 g/mol. The predicted octanol–water partition coefficient (Wildman–Crippen LogP) is 1.70. The van der Waals surface area contributed by atoms with Crippen molar-refractivity contribution in [3.63, 3.8) is 0 Å². The first kappa shape index (κ1) is 5.95. The van der Waals surface area contributed by atoms with Gasteiger partial charge in [-0.25, -0.2) is 0 Å². The molecule has 0 saturated heterocycles. The van der Waals surface area contributed by atoms with Gasteiger partial charge in [0, 0.05) is 5.75 Å². The van der Waals surface area contributed by atoms with Gasteiger partial charge < -0.3 is 0 Å². The average Bonchev–Trinajstić information content (AvgIpc) is 1.35. The fraction of sp³-hybridized carbons (Fsp3) is 0.333. The molecule has 0 aliphatic carbocycles. The van der Waals surface area contributed by atoms with E-state index in [1.165, 1.54) is 0 Å². The van der Waals surface area contributed by atoms with E-state index in [-0.39, 0.29) is 5.75 Å². The van der Waals surface area contributed by atoms with Crippen molar-refractivity contribution in [2.45, 2.75) is 0 Å². The molecule has 0 unspecified atom stereocenters. The second kappa shape index (κ2) is 3.15. The maximum Gasteiger partial charge on any atom is 0.267 e. The average molecular weight is 110 g/mol. The minimum atomic E-state index is -1.66. The van der Waals surface area contributed by atoms with Gasteiger partial charge >= 0.3 is 0 Å². The second-order valence-corrected chi connectivity index (χ2v) is 1.04. The quantitative estimate of drug-likeness (QED) is 0.488. The SMILES string of the molecule is FC(F)=CCS. The first-order chi connectivity index (χ1) is 2.77. The summed E-state index contributed by atoms with van der Waals surface area (Å²) in [4.78, 5) is 0. The van der Waals surface area contributed by atoms with Crippen LogP contribution < -0.4 is 0 Å². The highest BCUT2D eigenvalue weighted by Crippen LogP contribution is 1.94. The molecule has 0 saturated carbocycles. The molecule has 0 radical (unpaired) electrons. The zero-order valence-electron chi connectivity index (χ0n) is 2.99. The van der Waals surface area contributed by atoms with Crippen LogP contribution in [0.4, 0.5) is 8.78 Å². The lowest BCUT2D eigenvalue weighted by molar-refractivity contribution is 0.420. The van der Waals surface area contributed by atoms with Crippen LogP contribution in [0.15, 0.2) is 12.2 Å². The molecule has 6 heavy (non-hydrogen) atoms. The number of hydrogen-bond acceptors (Lipinski definition) is 1. The first-order valence-electron chi connectivity index (χ1n) is 1.39. The van der Waals surface area contributed by atoms with Gasteiger partial charge in [0.25, 0.3) is 6.08 Å². The fourth-order valence-electron chi connectivity index (χ4n) is 0.0690. The van der Waals surface area contributed by atoms with Crippen molar-refractivity contribution in [2.24, 2.45) is 0 Å². The molecule has 0 amide bonds. The molecular formula is C3H4F2S. The minimum Gasteiger partial charge on any atom is -0.175 e. The lowest BCUT2D eigenvalue weighted by Crippen LogP contribution is -1.59. The van der Waals surface area contributed by atoms with Crippen LogP contribution >= 0.6 is 12.6 Å². The van der Waals surface area contributed by atoms with Gasteiger partial charge in [-0.1, -0.05) is 0 Å². The van der Waals surface area contributed by atoms with Gasteiger partial charge in [-0.05, 0) is 6.08 Å². The normalized spacial score (nSPS) is 7.83. The molecular weight excluding hydrogens is 106 g/mol. The summed E-state index contributed by atoms with van der Waals surface area (Å²) in [6.45, 7) is 0. The van der Waals surface area contributed by atoms with Crippen molar-refractivity contribution in [2.75, 3.05) is 5.75 Å². The van der Waals surface area contributed by atoms with Gasteiger partial charge in [0.2, 0.25) is 0 Å². The van der Waals surface area contributed by atoms with Crippen LogP contribution in [0.2, 0.25) is 0 Å². The molecule has 0 heterocycles. The Labute approximate surface area is 40.3 Å². The van der Waals surface area contributed by atoms with Crippen molar-refractivity contribution < 1.29 is 8.78 Å². The van der Waals surface area contributed by atoms with Crippen LogP contribution in [-0.4, -0.2) is 5.75 Å². The molecule has 0 aliphatic heterocycles. The Bertz CT molecular complexity index is 55.8. The molecule has 0 aromatic rings. The molecule has 0 bridgehead atoms. The van der Waals surface area contributed by atoms with E-state index in [4.69, 9.17) is 0 Å². The van der Waals surface area contributed by atoms with E-state index in [0.717, 1.165) is 6.08 Å². The molecule has 0 aliphatic rings. The molecule has 0 spiro atoms. The predicted molar refractivity (Wildman–Crippen MR) is 24.2 cm³/mol. The van der Waals surface area contributed by atoms with E-state index in [1.54, 1.807) is 0 Å². The highest BCUT2D eigenvalue weighted by atomic mass is 32.1. The number of hydrogen-bond donors (Lipinski definition) is 1. The van der Waals surface area contributed by atoms with E-state index in [1.807, 2.05) is 0 Å². The zero-order valence-corrected chi connectivity index (χ0v) is 3.88. The van der Waals surface area contributed by atoms with E-state index < -0.39 is 6.08 Å². The topological polar surface area (TPSA) is 0 Å². The van der Waals surface area contributed by atoms with Crippen molar-refractivity contribution in [3.8, 4) is 0 Å². The Morgan fingerprint density at radius 2 is 2.17 bits per heavy atom. The maximum atomic E-state index is 10.8. The third-order valence-electron chi connectivity index (χ3n) is 0.246. The van der Waals surface area contributed by atoms with E-state index in [0.29, 0.717) is 0 Å². The van der Waals surface area contributed by atoms with Crippen LogP contribution in [0, 0.1) is 0 Å². The van der Waals surface area contributed by atoms with Crippen LogP contribution in [-0.2, 0) is 0 Å².